The van der Waals surface area contributed by atoms with Crippen LogP contribution in [0.3, 0.4) is 0 Å². The third kappa shape index (κ3) is 5.05. The first kappa shape index (κ1) is 26.9. The van der Waals surface area contributed by atoms with Crippen LogP contribution in [0.4, 0.5) is 13.6 Å². The summed E-state index contributed by atoms with van der Waals surface area (Å²) in [4.78, 5) is 35.3. The highest BCUT2D eigenvalue weighted by Gasteiger charge is 2.31. The fourth-order valence-corrected chi connectivity index (χ4v) is 5.51. The molecule has 4 heterocycles. The lowest BCUT2D eigenvalue weighted by atomic mass is 10.0. The molecule has 0 bridgehead atoms. The smallest absolute Gasteiger partial charge is 0.405 e. The molecule has 11 nitrogen and oxygen atoms in total. The molecule has 0 radical (unpaired) electrons. The molecule has 0 spiro atoms. The summed E-state index contributed by atoms with van der Waals surface area (Å²) >= 11 is 0. The number of nitrogens with zero attached hydrogens (tertiary/aromatic N) is 5. The molecule has 4 aromatic rings. The van der Waals surface area contributed by atoms with E-state index in [-0.39, 0.29) is 19.0 Å². The molecule has 2 unspecified atom stereocenters. The van der Waals surface area contributed by atoms with Crippen molar-refractivity contribution in [3.63, 3.8) is 0 Å². The van der Waals surface area contributed by atoms with E-state index in [4.69, 9.17) is 19.8 Å². The van der Waals surface area contributed by atoms with Gasteiger partial charge in [-0.15, -0.1) is 0 Å². The minimum absolute atomic E-state index is 0.0890. The van der Waals surface area contributed by atoms with E-state index in [2.05, 4.69) is 9.88 Å². The average molecular weight is 569 g/mol. The molecule has 2 aliphatic rings. The number of carbonyl (C=O) groups is 2. The number of fused-ring (bicyclic) bond motifs is 3. The summed E-state index contributed by atoms with van der Waals surface area (Å²) in [6, 6.07) is 7.99. The fraction of sp³-hybridized carbons (Fsp3) is 0.429. The van der Waals surface area contributed by atoms with E-state index >= 15 is 0 Å². The van der Waals surface area contributed by atoms with Gasteiger partial charge in [0.05, 0.1) is 28.5 Å². The molecule has 1 aliphatic heterocycles. The van der Waals surface area contributed by atoms with Gasteiger partial charge in [-0.2, -0.15) is 4.39 Å². The van der Waals surface area contributed by atoms with Crippen LogP contribution in [0.25, 0.3) is 33.6 Å². The van der Waals surface area contributed by atoms with Gasteiger partial charge in [-0.3, -0.25) is 4.79 Å². The Hall–Kier alpha value is -4.26. The normalized spacial score (nSPS) is 16.7. The van der Waals surface area contributed by atoms with Crippen LogP contribution >= 0.6 is 0 Å². The number of imidazole rings is 1. The van der Waals surface area contributed by atoms with Crippen LogP contribution in [0.5, 0.6) is 5.75 Å². The number of ether oxygens (including phenoxy) is 1. The van der Waals surface area contributed by atoms with E-state index in [9.17, 15) is 23.5 Å². The Morgan fingerprint density at radius 3 is 2.78 bits per heavy atom. The molecule has 216 valence electrons. The summed E-state index contributed by atoms with van der Waals surface area (Å²) in [5.74, 6) is 1.07. The number of alkyl halides is 2. The Morgan fingerprint density at radius 1 is 1.27 bits per heavy atom. The number of aromatic nitrogens is 4. The Bertz CT molecular complexity index is 1650. The highest BCUT2D eigenvalue weighted by molar-refractivity contribution is 5.99. The molecule has 3 N–H and O–H groups in total. The van der Waals surface area contributed by atoms with Crippen molar-refractivity contribution in [3.8, 4) is 17.3 Å². The van der Waals surface area contributed by atoms with Crippen molar-refractivity contribution in [2.75, 3.05) is 26.4 Å². The lowest BCUT2D eigenvalue weighted by Gasteiger charge is -2.30. The molecule has 6 rings (SSSR count). The summed E-state index contributed by atoms with van der Waals surface area (Å²) in [6.07, 6.45) is -0.591. The number of pyridine rings is 1. The number of aliphatic hydroxyl groups excluding tert-OH is 1. The van der Waals surface area contributed by atoms with Crippen LogP contribution in [0.1, 0.15) is 28.9 Å². The summed E-state index contributed by atoms with van der Waals surface area (Å²) in [6.45, 7) is -0.801. The number of halogens is 2. The molecule has 1 aliphatic carbocycles. The van der Waals surface area contributed by atoms with Crippen LogP contribution in [0.2, 0.25) is 0 Å². The lowest BCUT2D eigenvalue weighted by molar-refractivity contribution is 0.0145. The minimum atomic E-state index is -1.85. The van der Waals surface area contributed by atoms with Crippen molar-refractivity contribution < 1.29 is 33.3 Å². The first-order valence-corrected chi connectivity index (χ1v) is 13.5. The number of aryl methyl sites for hydroxylation is 1. The third-order valence-corrected chi connectivity index (χ3v) is 7.66. The zero-order valence-corrected chi connectivity index (χ0v) is 22.4. The molecule has 1 aromatic carbocycles. The summed E-state index contributed by atoms with van der Waals surface area (Å²) in [7, 11) is 1.85. The molecule has 1 saturated carbocycles. The SMILES string of the molecule is Cn1c(-c2cc3cccc(OC(F)CO)c3n2CC2CC2)nc2cc3c(nc21)CCN(CC(CF)NC(=O)O)C3=O. The van der Waals surface area contributed by atoms with E-state index < -0.39 is 31.8 Å². The minimum Gasteiger partial charge on any atom is -0.465 e. The van der Waals surface area contributed by atoms with Crippen molar-refractivity contribution in [2.45, 2.75) is 38.2 Å². The van der Waals surface area contributed by atoms with Gasteiger partial charge in [0.1, 0.15) is 24.5 Å². The topological polar surface area (TPSA) is 135 Å². The fourth-order valence-electron chi connectivity index (χ4n) is 5.51. The number of rotatable bonds is 10. The Labute approximate surface area is 233 Å². The van der Waals surface area contributed by atoms with Crippen LogP contribution < -0.4 is 10.1 Å². The molecular formula is C28H30F2N6O5. The van der Waals surface area contributed by atoms with Crippen LogP contribution in [0.15, 0.2) is 30.3 Å². The number of hydrogen-bond acceptors (Lipinski definition) is 6. The standard InChI is InChI=1S/C28H30F2N6O5/c1-34-25-20(10-18-19(32-25)7-8-35(27(18)38)13-17(11-29)31-28(39)40)33-26(34)21-9-16-3-2-4-22(41-23(30)14-37)24(16)36(21)12-15-5-6-15/h2-4,9-10,15,17,23,31,37H,5-8,11-14H2,1H3,(H,39,40). The van der Waals surface area contributed by atoms with Gasteiger partial charge in [0, 0.05) is 38.5 Å². The largest absolute Gasteiger partial charge is 0.465 e. The van der Waals surface area contributed by atoms with Crippen molar-refractivity contribution in [1.82, 2.24) is 29.3 Å². The Morgan fingerprint density at radius 2 is 2.07 bits per heavy atom. The highest BCUT2D eigenvalue weighted by atomic mass is 19.1. The van der Waals surface area contributed by atoms with E-state index in [0.717, 1.165) is 23.9 Å². The average Bonchev–Trinajstić information content (AvgIpc) is 3.62. The van der Waals surface area contributed by atoms with E-state index in [1.165, 1.54) is 4.90 Å². The number of hydrogen-bond donors (Lipinski definition) is 3. The first-order valence-electron chi connectivity index (χ1n) is 13.5. The van der Waals surface area contributed by atoms with Gasteiger partial charge in [-0.05, 0) is 37.0 Å². The van der Waals surface area contributed by atoms with E-state index in [0.29, 0.717) is 58.4 Å². The quantitative estimate of drug-likeness (QED) is 0.267. The predicted octanol–water partition coefficient (Wildman–Crippen LogP) is 3.27. The summed E-state index contributed by atoms with van der Waals surface area (Å²) in [5, 5.41) is 21.1. The number of nitrogens with one attached hydrogen (secondary N) is 1. The molecule has 41 heavy (non-hydrogen) atoms. The second-order valence-corrected chi connectivity index (χ2v) is 10.6. The molecule has 1 fully saturated rings. The number of para-hydroxylation sites is 1. The van der Waals surface area contributed by atoms with Gasteiger partial charge in [0.15, 0.2) is 11.5 Å². The molecule has 2 amide bonds. The maximum Gasteiger partial charge on any atom is 0.405 e. The van der Waals surface area contributed by atoms with Crippen molar-refractivity contribution >= 4 is 34.1 Å². The lowest BCUT2D eigenvalue weighted by Crippen LogP contribution is -2.48. The van der Waals surface area contributed by atoms with Gasteiger partial charge < -0.3 is 34.3 Å². The predicted molar refractivity (Wildman–Crippen MR) is 145 cm³/mol. The molecular weight excluding hydrogens is 538 g/mol. The molecule has 3 aromatic heterocycles. The van der Waals surface area contributed by atoms with Gasteiger partial charge in [0.2, 0.25) is 0 Å². The van der Waals surface area contributed by atoms with Crippen LogP contribution in [-0.4, -0.2) is 85.0 Å². The zero-order valence-electron chi connectivity index (χ0n) is 22.4. The highest BCUT2D eigenvalue weighted by Crippen LogP contribution is 2.39. The van der Waals surface area contributed by atoms with Crippen molar-refractivity contribution in [1.29, 1.82) is 0 Å². The zero-order chi connectivity index (χ0) is 28.8. The van der Waals surface area contributed by atoms with Gasteiger partial charge in [-0.1, -0.05) is 12.1 Å². The molecule has 0 saturated heterocycles. The maximum absolute atomic E-state index is 14.1. The van der Waals surface area contributed by atoms with Crippen molar-refractivity contribution in [3.05, 3.63) is 41.6 Å². The molecule has 13 heteroatoms. The molecule has 2 atom stereocenters. The van der Waals surface area contributed by atoms with Gasteiger partial charge in [0.25, 0.3) is 12.3 Å². The van der Waals surface area contributed by atoms with E-state index in [1.807, 2.05) is 23.7 Å². The first-order chi connectivity index (χ1) is 19.8. The van der Waals surface area contributed by atoms with Gasteiger partial charge in [-0.25, -0.2) is 19.2 Å². The van der Waals surface area contributed by atoms with E-state index in [1.54, 1.807) is 18.2 Å². The number of carbonyl (C=O) groups excluding carboxylic acids is 1. The Balaban J connectivity index is 1.40. The second-order valence-electron chi connectivity index (χ2n) is 10.6. The van der Waals surface area contributed by atoms with Crippen LogP contribution in [-0.2, 0) is 20.0 Å². The Kier molecular flexibility index (Phi) is 6.98. The summed E-state index contributed by atoms with van der Waals surface area (Å²) < 4.78 is 36.8. The number of carboxylic acid groups (broad SMARTS) is 1. The maximum atomic E-state index is 14.1. The van der Waals surface area contributed by atoms with Crippen LogP contribution in [0, 0.1) is 5.92 Å². The number of amides is 2. The summed E-state index contributed by atoms with van der Waals surface area (Å²) in [5.41, 5.74) is 3.56. The van der Waals surface area contributed by atoms with Gasteiger partial charge >= 0.3 is 6.09 Å². The second kappa shape index (κ2) is 10.6. The third-order valence-electron chi connectivity index (χ3n) is 7.66. The monoisotopic (exact) mass is 568 g/mol. The number of benzene rings is 1. The van der Waals surface area contributed by atoms with Crippen molar-refractivity contribution in [2.24, 2.45) is 13.0 Å². The number of aliphatic hydroxyl groups is 1.